The largest absolute Gasteiger partial charge is 0.378 e. The Morgan fingerprint density at radius 1 is 1.19 bits per heavy atom. The second-order valence-corrected chi connectivity index (χ2v) is 9.92. The minimum absolute atomic E-state index is 0.0510. The van der Waals surface area contributed by atoms with Crippen molar-refractivity contribution in [3.8, 4) is 11.1 Å². The molecule has 1 aliphatic rings. The molecule has 5 rings (SSSR count). The number of nitrogens with zero attached hydrogens (tertiary/aromatic N) is 5. The zero-order chi connectivity index (χ0) is 26.3. The van der Waals surface area contributed by atoms with E-state index < -0.39 is 23.4 Å². The fourth-order valence-corrected chi connectivity index (χ4v) is 4.41. The summed E-state index contributed by atoms with van der Waals surface area (Å²) < 4.78 is 37.9. The number of carbonyl (C=O) groups is 1. The van der Waals surface area contributed by atoms with E-state index in [4.69, 9.17) is 4.74 Å². The summed E-state index contributed by atoms with van der Waals surface area (Å²) in [4.78, 5) is 19.7. The second kappa shape index (κ2) is 9.59. The predicted octanol–water partition coefficient (Wildman–Crippen LogP) is 4.83. The predicted molar refractivity (Wildman–Crippen MR) is 138 cm³/mol. The van der Waals surface area contributed by atoms with E-state index in [9.17, 15) is 13.6 Å². The number of benzene rings is 1. The molecule has 8 nitrogen and oxygen atoms in total. The molecular weight excluding hydrogens is 478 g/mol. The lowest BCUT2D eigenvalue weighted by molar-refractivity contribution is 0.102. The van der Waals surface area contributed by atoms with Gasteiger partial charge in [-0.2, -0.15) is 5.10 Å². The lowest BCUT2D eigenvalue weighted by Crippen LogP contribution is -2.36. The summed E-state index contributed by atoms with van der Waals surface area (Å²) in [6.07, 6.45) is 7.21. The van der Waals surface area contributed by atoms with E-state index in [1.165, 1.54) is 30.1 Å². The van der Waals surface area contributed by atoms with Gasteiger partial charge in [0.15, 0.2) is 5.65 Å². The van der Waals surface area contributed by atoms with E-state index >= 15 is 0 Å². The zero-order valence-corrected chi connectivity index (χ0v) is 21.3. The number of pyridine rings is 1. The van der Waals surface area contributed by atoms with Gasteiger partial charge < -0.3 is 19.4 Å². The van der Waals surface area contributed by atoms with Crippen LogP contribution in [0.2, 0.25) is 0 Å². The zero-order valence-electron chi connectivity index (χ0n) is 21.3. The van der Waals surface area contributed by atoms with Crippen LogP contribution in [0.4, 0.5) is 20.2 Å². The number of halogens is 2. The van der Waals surface area contributed by atoms with Crippen LogP contribution in [-0.4, -0.2) is 57.5 Å². The molecule has 4 aromatic rings. The minimum atomic E-state index is -1.18. The molecule has 0 spiro atoms. The van der Waals surface area contributed by atoms with Crippen LogP contribution in [0.5, 0.6) is 0 Å². The molecule has 1 fully saturated rings. The summed E-state index contributed by atoms with van der Waals surface area (Å²) in [5.41, 5.74) is 3.52. The third-order valence-electron chi connectivity index (χ3n) is 7.10. The number of alkyl halides is 1. The summed E-state index contributed by atoms with van der Waals surface area (Å²) in [7, 11) is 0. The van der Waals surface area contributed by atoms with Gasteiger partial charge >= 0.3 is 0 Å². The molecule has 1 N–H and O–H groups in total. The Kier molecular flexibility index (Phi) is 6.45. The third kappa shape index (κ3) is 4.69. The summed E-state index contributed by atoms with van der Waals surface area (Å²) in [6.45, 7) is 9.45. The van der Waals surface area contributed by atoms with Gasteiger partial charge in [-0.05, 0) is 57.0 Å². The maximum absolute atomic E-state index is 15.0. The standard InChI is InChI=1S/C27H30F2N6O2/c1-17-11-22(29)23(32-26(36)20-14-31-35(16-20)27(3,4)18(2)28)13-21(17)19-12-24(33-7-9-37-10-8-33)25-30-5-6-34(25)15-19/h5-6,11-16,18H,7-10H2,1-4H3,(H,32,36). The van der Waals surface area contributed by atoms with Gasteiger partial charge in [0.25, 0.3) is 5.91 Å². The maximum atomic E-state index is 15.0. The fraction of sp³-hybridized carbons (Fsp3) is 0.370. The Balaban J connectivity index is 1.48. The number of hydrogen-bond acceptors (Lipinski definition) is 5. The number of fused-ring (bicyclic) bond motifs is 1. The highest BCUT2D eigenvalue weighted by molar-refractivity contribution is 6.04. The van der Waals surface area contributed by atoms with Crippen LogP contribution in [-0.2, 0) is 10.3 Å². The Bertz CT molecular complexity index is 1450. The highest BCUT2D eigenvalue weighted by atomic mass is 19.1. The molecule has 10 heteroatoms. The molecular formula is C27H30F2N6O2. The van der Waals surface area contributed by atoms with Gasteiger partial charge in [-0.25, -0.2) is 13.8 Å². The lowest BCUT2D eigenvalue weighted by atomic mass is 10.00. The van der Waals surface area contributed by atoms with Gasteiger partial charge in [-0.3, -0.25) is 9.48 Å². The summed E-state index contributed by atoms with van der Waals surface area (Å²) in [5.74, 6) is -1.07. The summed E-state index contributed by atoms with van der Waals surface area (Å²) >= 11 is 0. The van der Waals surface area contributed by atoms with Gasteiger partial charge in [0.2, 0.25) is 0 Å². The quantitative estimate of drug-likeness (QED) is 0.404. The Morgan fingerprint density at radius 3 is 2.68 bits per heavy atom. The molecule has 1 aromatic carbocycles. The van der Waals surface area contributed by atoms with Crippen LogP contribution in [0.1, 0.15) is 36.7 Å². The number of hydrogen-bond donors (Lipinski definition) is 1. The Labute approximate surface area is 213 Å². The monoisotopic (exact) mass is 508 g/mol. The first kappa shape index (κ1) is 24.9. The van der Waals surface area contributed by atoms with Gasteiger partial charge in [0, 0.05) is 43.4 Å². The van der Waals surface area contributed by atoms with Gasteiger partial charge in [-0.15, -0.1) is 0 Å². The third-order valence-corrected chi connectivity index (χ3v) is 7.10. The molecule has 194 valence electrons. The molecule has 1 aliphatic heterocycles. The number of anilines is 2. The van der Waals surface area contributed by atoms with Gasteiger partial charge in [0.05, 0.1) is 41.9 Å². The Morgan fingerprint density at radius 2 is 1.95 bits per heavy atom. The first-order valence-corrected chi connectivity index (χ1v) is 12.3. The molecule has 0 aliphatic carbocycles. The van der Waals surface area contributed by atoms with Crippen molar-refractivity contribution < 1.29 is 18.3 Å². The van der Waals surface area contributed by atoms with Crippen molar-refractivity contribution in [3.63, 3.8) is 0 Å². The maximum Gasteiger partial charge on any atom is 0.258 e. The summed E-state index contributed by atoms with van der Waals surface area (Å²) in [6, 6.07) is 5.10. The van der Waals surface area contributed by atoms with E-state index in [0.717, 1.165) is 41.1 Å². The molecule has 0 saturated carbocycles. The number of carbonyl (C=O) groups excluding carboxylic acids is 1. The van der Waals surface area contributed by atoms with Crippen molar-refractivity contribution >= 4 is 22.9 Å². The fourth-order valence-electron chi connectivity index (χ4n) is 4.41. The number of ether oxygens (including phenoxy) is 1. The van der Waals surface area contributed by atoms with Crippen LogP contribution in [0.3, 0.4) is 0 Å². The first-order chi connectivity index (χ1) is 17.6. The molecule has 1 saturated heterocycles. The van der Waals surface area contributed by atoms with Crippen LogP contribution in [0.25, 0.3) is 16.8 Å². The molecule has 3 aromatic heterocycles. The molecule has 37 heavy (non-hydrogen) atoms. The van der Waals surface area contributed by atoms with Crippen LogP contribution in [0, 0.1) is 12.7 Å². The summed E-state index contributed by atoms with van der Waals surface area (Å²) in [5, 5.41) is 6.81. The molecule has 1 amide bonds. The number of morpholine rings is 1. The van der Waals surface area contributed by atoms with Gasteiger partial charge in [0.1, 0.15) is 12.0 Å². The first-order valence-electron chi connectivity index (χ1n) is 12.3. The van der Waals surface area contributed by atoms with Crippen LogP contribution in [0.15, 0.2) is 49.2 Å². The highest BCUT2D eigenvalue weighted by Gasteiger charge is 2.29. The van der Waals surface area contributed by atoms with E-state index in [0.29, 0.717) is 13.2 Å². The van der Waals surface area contributed by atoms with E-state index in [1.54, 1.807) is 26.1 Å². The molecule has 0 radical (unpaired) electrons. The van der Waals surface area contributed by atoms with Crippen LogP contribution < -0.4 is 10.2 Å². The number of imidazole rings is 1. The number of aryl methyl sites for hydroxylation is 1. The van der Waals surface area contributed by atoms with Crippen molar-refractivity contribution in [2.45, 2.75) is 39.4 Å². The van der Waals surface area contributed by atoms with E-state index in [1.807, 2.05) is 29.8 Å². The normalized spacial score (nSPS) is 15.2. The van der Waals surface area contributed by atoms with Crippen molar-refractivity contribution in [1.82, 2.24) is 19.2 Å². The number of amides is 1. The van der Waals surface area contributed by atoms with E-state index in [-0.39, 0.29) is 11.3 Å². The molecule has 1 unspecified atom stereocenters. The van der Waals surface area contributed by atoms with Crippen LogP contribution >= 0.6 is 0 Å². The SMILES string of the molecule is Cc1cc(F)c(NC(=O)c2cnn(C(C)(C)C(C)F)c2)cc1-c1cc(N2CCOCC2)c2nccn2c1. The second-order valence-electron chi connectivity index (χ2n) is 9.92. The van der Waals surface area contributed by atoms with Crippen molar-refractivity contribution in [1.29, 1.82) is 0 Å². The highest BCUT2D eigenvalue weighted by Crippen LogP contribution is 2.33. The van der Waals surface area contributed by atoms with E-state index in [2.05, 4.69) is 20.3 Å². The smallest absolute Gasteiger partial charge is 0.258 e. The minimum Gasteiger partial charge on any atom is -0.378 e. The lowest BCUT2D eigenvalue weighted by Gasteiger charge is -2.29. The topological polar surface area (TPSA) is 76.7 Å². The van der Waals surface area contributed by atoms with Crippen molar-refractivity contribution in [3.05, 3.63) is 66.1 Å². The number of nitrogens with one attached hydrogen (secondary N) is 1. The van der Waals surface area contributed by atoms with Crippen molar-refractivity contribution in [2.24, 2.45) is 0 Å². The molecule has 1 atom stereocenters. The number of rotatable bonds is 6. The average molecular weight is 509 g/mol. The van der Waals surface area contributed by atoms with Crippen molar-refractivity contribution in [2.75, 3.05) is 36.5 Å². The average Bonchev–Trinajstić information content (AvgIpc) is 3.56. The molecule has 0 bridgehead atoms. The van der Waals surface area contributed by atoms with Gasteiger partial charge in [-0.1, -0.05) is 0 Å². The Hall–Kier alpha value is -3.79. The molecule has 4 heterocycles. The number of aromatic nitrogens is 4.